The number of fused-ring (bicyclic) bond motifs is 1. The molecule has 1 heterocycles. The standard InChI is InChI=1S/C11H9ClF2N2/c1-2-3-9-15-10-7(11(12)16-9)4-6(13)5-8(10)14/h4-5H,2-3H2,1H3. The Morgan fingerprint density at radius 1 is 1.25 bits per heavy atom. The maximum absolute atomic E-state index is 13.5. The number of hydrogen-bond acceptors (Lipinski definition) is 2. The first-order valence-corrected chi connectivity index (χ1v) is 5.30. The molecular formula is C11H9ClF2N2. The van der Waals surface area contributed by atoms with Crippen molar-refractivity contribution in [2.75, 3.05) is 0 Å². The van der Waals surface area contributed by atoms with Crippen LogP contribution < -0.4 is 0 Å². The van der Waals surface area contributed by atoms with Crippen LogP contribution in [0.3, 0.4) is 0 Å². The van der Waals surface area contributed by atoms with E-state index in [1.807, 2.05) is 6.92 Å². The Morgan fingerprint density at radius 2 is 2.00 bits per heavy atom. The van der Waals surface area contributed by atoms with E-state index in [0.29, 0.717) is 12.2 Å². The molecule has 0 aliphatic carbocycles. The van der Waals surface area contributed by atoms with Crippen LogP contribution in [0.1, 0.15) is 19.2 Å². The molecule has 0 fully saturated rings. The van der Waals surface area contributed by atoms with E-state index < -0.39 is 11.6 Å². The summed E-state index contributed by atoms with van der Waals surface area (Å²) in [6.07, 6.45) is 1.46. The molecule has 16 heavy (non-hydrogen) atoms. The summed E-state index contributed by atoms with van der Waals surface area (Å²) < 4.78 is 26.4. The van der Waals surface area contributed by atoms with E-state index >= 15 is 0 Å². The zero-order valence-electron chi connectivity index (χ0n) is 8.60. The van der Waals surface area contributed by atoms with Gasteiger partial charge in [0.1, 0.15) is 22.3 Å². The molecule has 0 saturated carbocycles. The van der Waals surface area contributed by atoms with E-state index in [1.165, 1.54) is 0 Å². The summed E-state index contributed by atoms with van der Waals surface area (Å²) in [7, 11) is 0. The molecule has 0 unspecified atom stereocenters. The summed E-state index contributed by atoms with van der Waals surface area (Å²) in [4.78, 5) is 8.02. The maximum atomic E-state index is 13.5. The fourth-order valence-electron chi connectivity index (χ4n) is 1.50. The van der Waals surface area contributed by atoms with Gasteiger partial charge in [0.2, 0.25) is 0 Å². The largest absolute Gasteiger partial charge is 0.230 e. The van der Waals surface area contributed by atoms with Crippen LogP contribution in [0.15, 0.2) is 12.1 Å². The van der Waals surface area contributed by atoms with Crippen LogP contribution in [0.5, 0.6) is 0 Å². The number of hydrogen-bond donors (Lipinski definition) is 0. The smallest absolute Gasteiger partial charge is 0.152 e. The highest BCUT2D eigenvalue weighted by molar-refractivity contribution is 6.34. The Hall–Kier alpha value is -1.29. The van der Waals surface area contributed by atoms with Crippen LogP contribution >= 0.6 is 11.6 Å². The van der Waals surface area contributed by atoms with Crippen LogP contribution in [0.2, 0.25) is 5.15 Å². The highest BCUT2D eigenvalue weighted by atomic mass is 35.5. The minimum Gasteiger partial charge on any atom is -0.230 e. The highest BCUT2D eigenvalue weighted by Gasteiger charge is 2.11. The number of halogens is 3. The third-order valence-corrected chi connectivity index (χ3v) is 2.48. The van der Waals surface area contributed by atoms with Gasteiger partial charge < -0.3 is 0 Å². The van der Waals surface area contributed by atoms with Gasteiger partial charge in [0, 0.05) is 17.9 Å². The molecule has 1 aromatic carbocycles. The molecule has 0 N–H and O–H groups in total. The molecule has 1 aromatic heterocycles. The van der Waals surface area contributed by atoms with Crippen LogP contribution in [0.25, 0.3) is 10.9 Å². The molecule has 5 heteroatoms. The van der Waals surface area contributed by atoms with Gasteiger partial charge in [-0.3, -0.25) is 0 Å². The van der Waals surface area contributed by atoms with E-state index in [4.69, 9.17) is 11.6 Å². The van der Waals surface area contributed by atoms with E-state index in [9.17, 15) is 8.78 Å². The quantitative estimate of drug-likeness (QED) is 0.753. The fourth-order valence-corrected chi connectivity index (χ4v) is 1.74. The van der Waals surface area contributed by atoms with Gasteiger partial charge in [0.15, 0.2) is 5.82 Å². The number of rotatable bonds is 2. The third kappa shape index (κ3) is 1.97. The maximum Gasteiger partial charge on any atom is 0.152 e. The minimum atomic E-state index is -0.711. The monoisotopic (exact) mass is 242 g/mol. The highest BCUT2D eigenvalue weighted by Crippen LogP contribution is 2.24. The van der Waals surface area contributed by atoms with Crippen LogP contribution in [0, 0.1) is 11.6 Å². The second-order valence-corrected chi connectivity index (χ2v) is 3.82. The Morgan fingerprint density at radius 3 is 2.69 bits per heavy atom. The molecule has 0 bridgehead atoms. The molecule has 84 valence electrons. The first-order valence-electron chi connectivity index (χ1n) is 4.93. The number of aryl methyl sites for hydroxylation is 1. The predicted molar refractivity (Wildman–Crippen MR) is 58.5 cm³/mol. The molecule has 0 spiro atoms. The van der Waals surface area contributed by atoms with Crippen molar-refractivity contribution in [3.63, 3.8) is 0 Å². The molecule has 0 atom stereocenters. The Balaban J connectivity index is 2.71. The van der Waals surface area contributed by atoms with Gasteiger partial charge in [-0.05, 0) is 12.5 Å². The van der Waals surface area contributed by atoms with Crippen molar-refractivity contribution in [2.45, 2.75) is 19.8 Å². The molecule has 0 saturated heterocycles. The number of aromatic nitrogens is 2. The lowest BCUT2D eigenvalue weighted by Crippen LogP contribution is -1.98. The third-order valence-electron chi connectivity index (χ3n) is 2.19. The van der Waals surface area contributed by atoms with Gasteiger partial charge in [-0.15, -0.1) is 0 Å². The second-order valence-electron chi connectivity index (χ2n) is 3.46. The summed E-state index contributed by atoms with van der Waals surface area (Å²) in [5.74, 6) is -0.916. The number of nitrogens with zero attached hydrogens (tertiary/aromatic N) is 2. The topological polar surface area (TPSA) is 25.8 Å². The van der Waals surface area contributed by atoms with Gasteiger partial charge >= 0.3 is 0 Å². The van der Waals surface area contributed by atoms with Gasteiger partial charge in [-0.25, -0.2) is 18.7 Å². The summed E-state index contributed by atoms with van der Waals surface area (Å²) in [5, 5.41) is 0.297. The van der Waals surface area contributed by atoms with E-state index in [-0.39, 0.29) is 16.1 Å². The van der Waals surface area contributed by atoms with E-state index in [1.54, 1.807) is 0 Å². The van der Waals surface area contributed by atoms with E-state index in [0.717, 1.165) is 18.6 Å². The average Bonchev–Trinajstić information content (AvgIpc) is 2.20. The summed E-state index contributed by atoms with van der Waals surface area (Å²) >= 11 is 5.86. The van der Waals surface area contributed by atoms with Crippen LogP contribution in [-0.4, -0.2) is 9.97 Å². The Labute approximate surface area is 96.3 Å². The average molecular weight is 243 g/mol. The molecule has 0 aliphatic rings. The molecular weight excluding hydrogens is 234 g/mol. The zero-order chi connectivity index (χ0) is 11.7. The first-order chi connectivity index (χ1) is 7.61. The van der Waals surface area contributed by atoms with Crippen molar-refractivity contribution < 1.29 is 8.78 Å². The van der Waals surface area contributed by atoms with Crippen LogP contribution in [0.4, 0.5) is 8.78 Å². The molecule has 2 nitrogen and oxygen atoms in total. The van der Waals surface area contributed by atoms with Crippen molar-refractivity contribution in [3.05, 3.63) is 34.7 Å². The molecule has 2 aromatic rings. The molecule has 0 aliphatic heterocycles. The van der Waals surface area contributed by atoms with Gasteiger partial charge in [0.25, 0.3) is 0 Å². The van der Waals surface area contributed by atoms with Crippen molar-refractivity contribution in [3.8, 4) is 0 Å². The summed E-state index contributed by atoms with van der Waals surface area (Å²) in [6.45, 7) is 1.96. The molecule has 0 radical (unpaired) electrons. The van der Waals surface area contributed by atoms with Crippen molar-refractivity contribution in [1.29, 1.82) is 0 Å². The molecule has 0 amide bonds. The Kier molecular flexibility index (Phi) is 3.01. The normalized spacial score (nSPS) is 11.0. The zero-order valence-corrected chi connectivity index (χ0v) is 9.35. The van der Waals surface area contributed by atoms with Gasteiger partial charge in [0.05, 0.1) is 0 Å². The lowest BCUT2D eigenvalue weighted by molar-refractivity contribution is 0.589. The summed E-state index contributed by atoms with van der Waals surface area (Å²) in [6, 6.07) is 1.93. The first kappa shape index (κ1) is 11.2. The lowest BCUT2D eigenvalue weighted by atomic mass is 10.2. The lowest BCUT2D eigenvalue weighted by Gasteiger charge is -2.04. The second kappa shape index (κ2) is 4.29. The predicted octanol–water partition coefficient (Wildman–Crippen LogP) is 3.51. The van der Waals surface area contributed by atoms with Crippen molar-refractivity contribution in [2.24, 2.45) is 0 Å². The SMILES string of the molecule is CCCc1nc(Cl)c2cc(F)cc(F)c2n1. The minimum absolute atomic E-state index is 0.0739. The van der Waals surface area contributed by atoms with Crippen LogP contribution in [-0.2, 0) is 6.42 Å². The van der Waals surface area contributed by atoms with Crippen molar-refractivity contribution in [1.82, 2.24) is 9.97 Å². The number of benzene rings is 1. The Bertz CT molecular complexity index is 543. The summed E-state index contributed by atoms with van der Waals surface area (Å²) in [5.41, 5.74) is 0.0739. The van der Waals surface area contributed by atoms with Crippen molar-refractivity contribution >= 4 is 22.5 Å². The molecule has 2 rings (SSSR count). The fraction of sp³-hybridized carbons (Fsp3) is 0.273. The van der Waals surface area contributed by atoms with Gasteiger partial charge in [-0.2, -0.15) is 0 Å². The van der Waals surface area contributed by atoms with E-state index in [2.05, 4.69) is 9.97 Å². The van der Waals surface area contributed by atoms with Gasteiger partial charge in [-0.1, -0.05) is 18.5 Å².